The highest BCUT2D eigenvalue weighted by Gasteiger charge is 2.46. The van der Waals surface area contributed by atoms with Crippen molar-refractivity contribution >= 4 is 33.9 Å². The van der Waals surface area contributed by atoms with Crippen molar-refractivity contribution in [3.63, 3.8) is 0 Å². The second-order valence-electron chi connectivity index (χ2n) is 5.78. The summed E-state index contributed by atoms with van der Waals surface area (Å²) < 4.78 is 6.52. The average Bonchev–Trinajstić information content (AvgIpc) is 2.89. The van der Waals surface area contributed by atoms with E-state index in [2.05, 4.69) is 15.9 Å². The lowest BCUT2D eigenvalue weighted by Crippen LogP contribution is -2.51. The zero-order valence-corrected chi connectivity index (χ0v) is 13.7. The fraction of sp³-hybridized carbons (Fsp3) is 0.375. The summed E-state index contributed by atoms with van der Waals surface area (Å²) in [6, 6.07) is 5.60. The molecule has 0 spiro atoms. The van der Waals surface area contributed by atoms with Crippen LogP contribution >= 0.6 is 15.9 Å². The zero-order valence-electron chi connectivity index (χ0n) is 12.1. The van der Waals surface area contributed by atoms with Crippen molar-refractivity contribution in [2.75, 3.05) is 13.2 Å². The van der Waals surface area contributed by atoms with E-state index in [0.29, 0.717) is 25.0 Å². The van der Waals surface area contributed by atoms with Crippen LogP contribution < -0.4 is 4.74 Å². The summed E-state index contributed by atoms with van der Waals surface area (Å²) in [6.07, 6.45) is 2.96. The first kappa shape index (κ1) is 15.1. The highest BCUT2D eigenvalue weighted by Crippen LogP contribution is 2.34. The Morgan fingerprint density at radius 2 is 2.18 bits per heavy atom. The maximum absolute atomic E-state index is 12.7. The summed E-state index contributed by atoms with van der Waals surface area (Å²) in [6.45, 7) is 2.24. The summed E-state index contributed by atoms with van der Waals surface area (Å²) in [5.74, 6) is -0.492. The highest BCUT2D eigenvalue weighted by atomic mass is 79.9. The summed E-state index contributed by atoms with van der Waals surface area (Å²) in [7, 11) is 0. The molecule has 3 rings (SSSR count). The summed E-state index contributed by atoms with van der Waals surface area (Å²) >= 11 is 3.39. The number of amides is 1. The predicted molar refractivity (Wildman–Crippen MR) is 84.6 cm³/mol. The van der Waals surface area contributed by atoms with Crippen LogP contribution in [0.5, 0.6) is 5.75 Å². The number of fused-ring (bicyclic) bond motifs is 1. The van der Waals surface area contributed by atoms with Gasteiger partial charge in [-0.3, -0.25) is 4.79 Å². The number of benzene rings is 1. The van der Waals surface area contributed by atoms with Crippen molar-refractivity contribution in [1.29, 1.82) is 0 Å². The molecule has 0 radical (unpaired) electrons. The Morgan fingerprint density at radius 1 is 1.41 bits per heavy atom. The highest BCUT2D eigenvalue weighted by molar-refractivity contribution is 9.10. The Kier molecular flexibility index (Phi) is 3.72. The van der Waals surface area contributed by atoms with Crippen molar-refractivity contribution in [2.45, 2.75) is 25.3 Å². The van der Waals surface area contributed by atoms with E-state index in [0.717, 1.165) is 15.8 Å². The first-order chi connectivity index (χ1) is 10.4. The van der Waals surface area contributed by atoms with Gasteiger partial charge in [-0.05, 0) is 44.0 Å². The fourth-order valence-corrected chi connectivity index (χ4v) is 3.34. The van der Waals surface area contributed by atoms with Gasteiger partial charge in [0.05, 0.1) is 5.57 Å². The van der Waals surface area contributed by atoms with Gasteiger partial charge in [-0.15, -0.1) is 0 Å². The van der Waals surface area contributed by atoms with Gasteiger partial charge in [-0.25, -0.2) is 4.79 Å². The van der Waals surface area contributed by atoms with E-state index in [4.69, 9.17) is 4.74 Å². The number of hydrogen-bond donors (Lipinski definition) is 1. The number of rotatable bonds is 2. The molecule has 1 aromatic carbocycles. The molecule has 5 nitrogen and oxygen atoms in total. The van der Waals surface area contributed by atoms with Crippen molar-refractivity contribution in [3.8, 4) is 5.75 Å². The van der Waals surface area contributed by atoms with Gasteiger partial charge in [0.25, 0.3) is 5.91 Å². The summed E-state index contributed by atoms with van der Waals surface area (Å²) in [4.78, 5) is 25.7. The van der Waals surface area contributed by atoms with E-state index in [1.807, 2.05) is 18.2 Å². The molecule has 0 aliphatic carbocycles. The lowest BCUT2D eigenvalue weighted by molar-refractivity contribution is -0.154. The number of likely N-dealkylation sites (tertiary alicyclic amines) is 1. The summed E-state index contributed by atoms with van der Waals surface area (Å²) in [5, 5.41) is 9.43. The minimum absolute atomic E-state index is 0.166. The molecule has 0 saturated carbocycles. The smallest absolute Gasteiger partial charge is 0.329 e. The molecule has 22 heavy (non-hydrogen) atoms. The van der Waals surface area contributed by atoms with E-state index >= 15 is 0 Å². The van der Waals surface area contributed by atoms with Crippen LogP contribution in [0.15, 0.2) is 28.2 Å². The van der Waals surface area contributed by atoms with E-state index in [-0.39, 0.29) is 12.5 Å². The molecule has 1 atom stereocenters. The van der Waals surface area contributed by atoms with Crippen molar-refractivity contribution in [3.05, 3.63) is 33.8 Å². The number of carboxylic acids is 1. The maximum Gasteiger partial charge on any atom is 0.329 e. The topological polar surface area (TPSA) is 66.8 Å². The lowest BCUT2D eigenvalue weighted by atomic mass is 9.98. The number of nitrogens with zero attached hydrogens (tertiary/aromatic N) is 1. The molecule has 1 unspecified atom stereocenters. The molecule has 2 aliphatic heterocycles. The molecule has 0 aromatic heterocycles. The van der Waals surface area contributed by atoms with Crippen LogP contribution in [0.1, 0.15) is 25.3 Å². The maximum atomic E-state index is 12.7. The molecule has 2 aliphatic rings. The second-order valence-corrected chi connectivity index (χ2v) is 6.70. The van der Waals surface area contributed by atoms with Crippen LogP contribution in [0.4, 0.5) is 0 Å². The van der Waals surface area contributed by atoms with Crippen molar-refractivity contribution in [1.82, 2.24) is 4.90 Å². The minimum Gasteiger partial charge on any atom is -0.488 e. The Morgan fingerprint density at radius 3 is 2.91 bits per heavy atom. The third-order valence-electron chi connectivity index (χ3n) is 4.31. The minimum atomic E-state index is -1.13. The molecule has 2 heterocycles. The third-order valence-corrected chi connectivity index (χ3v) is 4.80. The van der Waals surface area contributed by atoms with E-state index < -0.39 is 11.5 Å². The van der Waals surface area contributed by atoms with Gasteiger partial charge in [0.15, 0.2) is 0 Å². The van der Waals surface area contributed by atoms with Crippen molar-refractivity contribution < 1.29 is 19.4 Å². The van der Waals surface area contributed by atoms with Gasteiger partial charge in [0.1, 0.15) is 17.9 Å². The molecule has 116 valence electrons. The average molecular weight is 366 g/mol. The monoisotopic (exact) mass is 365 g/mol. The number of carbonyl (C=O) groups is 2. The Hall–Kier alpha value is -1.82. The Labute approximate surface area is 136 Å². The van der Waals surface area contributed by atoms with Gasteiger partial charge >= 0.3 is 5.97 Å². The first-order valence-corrected chi connectivity index (χ1v) is 7.89. The third kappa shape index (κ3) is 2.41. The molecule has 1 N–H and O–H groups in total. The van der Waals surface area contributed by atoms with E-state index in [1.165, 1.54) is 4.90 Å². The van der Waals surface area contributed by atoms with Gasteiger partial charge in [0.2, 0.25) is 0 Å². The van der Waals surface area contributed by atoms with Gasteiger partial charge in [-0.2, -0.15) is 0 Å². The molecular formula is C16H16BrNO4. The Balaban J connectivity index is 1.92. The number of ether oxygens (including phenoxy) is 1. The van der Waals surface area contributed by atoms with E-state index in [9.17, 15) is 14.7 Å². The van der Waals surface area contributed by atoms with Crippen LogP contribution in [0.25, 0.3) is 6.08 Å². The lowest BCUT2D eigenvalue weighted by Gasteiger charge is -2.32. The standard InChI is InChI=1S/C16H16BrNO4/c1-16(15(20)21)5-2-6-18(16)14(19)11-7-10-8-12(17)3-4-13(10)22-9-11/h3-4,7-8H,2,5-6,9H2,1H3,(H,20,21). The number of halogens is 1. The molecular weight excluding hydrogens is 350 g/mol. The SMILES string of the molecule is CC1(C(=O)O)CCCN1C(=O)C1=Cc2cc(Br)ccc2OC1. The number of carbonyl (C=O) groups excluding carboxylic acids is 1. The normalized spacial score (nSPS) is 23.5. The second kappa shape index (κ2) is 5.43. The van der Waals surface area contributed by atoms with Gasteiger partial charge < -0.3 is 14.7 Å². The first-order valence-electron chi connectivity index (χ1n) is 7.10. The Bertz CT molecular complexity index is 685. The fourth-order valence-electron chi connectivity index (χ4n) is 2.96. The quantitative estimate of drug-likeness (QED) is 0.874. The van der Waals surface area contributed by atoms with Crippen LogP contribution in [0, 0.1) is 0 Å². The number of aliphatic carboxylic acids is 1. The van der Waals surface area contributed by atoms with Crippen LogP contribution in [0.2, 0.25) is 0 Å². The number of hydrogen-bond acceptors (Lipinski definition) is 3. The molecule has 1 saturated heterocycles. The molecule has 6 heteroatoms. The number of carboxylic acid groups (broad SMARTS) is 1. The van der Waals surface area contributed by atoms with E-state index in [1.54, 1.807) is 13.0 Å². The zero-order chi connectivity index (χ0) is 15.9. The summed E-state index contributed by atoms with van der Waals surface area (Å²) in [5.41, 5.74) is 0.176. The largest absolute Gasteiger partial charge is 0.488 e. The predicted octanol–water partition coefficient (Wildman–Crippen LogP) is 2.69. The van der Waals surface area contributed by atoms with Crippen LogP contribution in [0.3, 0.4) is 0 Å². The van der Waals surface area contributed by atoms with Crippen LogP contribution in [-0.2, 0) is 9.59 Å². The molecule has 1 fully saturated rings. The van der Waals surface area contributed by atoms with Gasteiger partial charge in [-0.1, -0.05) is 15.9 Å². The van der Waals surface area contributed by atoms with Crippen molar-refractivity contribution in [2.24, 2.45) is 0 Å². The molecule has 0 bridgehead atoms. The molecule has 1 amide bonds. The van der Waals surface area contributed by atoms with Gasteiger partial charge in [0, 0.05) is 16.6 Å². The molecule has 1 aromatic rings. The van der Waals surface area contributed by atoms with Crippen LogP contribution in [-0.4, -0.2) is 40.6 Å².